The number of hydrogen-bond acceptors (Lipinski definition) is 8. The van der Waals surface area contributed by atoms with Crippen molar-refractivity contribution in [2.45, 2.75) is 31.9 Å². The summed E-state index contributed by atoms with van der Waals surface area (Å²) in [6.07, 6.45) is 8.96. The number of fused-ring (bicyclic) bond motifs is 1. The first kappa shape index (κ1) is 24.9. The Morgan fingerprint density at radius 2 is 1.73 bits per heavy atom. The van der Waals surface area contributed by atoms with Crippen LogP contribution in [0.4, 0.5) is 5.82 Å². The quantitative estimate of drug-likeness (QED) is 0.312. The Morgan fingerprint density at radius 1 is 0.875 bits per heavy atom. The van der Waals surface area contributed by atoms with Crippen LogP contribution in [0.2, 0.25) is 0 Å². The number of nitrogens with zero attached hydrogens (tertiary/aromatic N) is 9. The van der Waals surface area contributed by atoms with Crippen molar-refractivity contribution in [1.82, 2.24) is 39.5 Å². The van der Waals surface area contributed by atoms with E-state index in [-0.39, 0.29) is 6.10 Å². The highest BCUT2D eigenvalue weighted by Crippen LogP contribution is 2.24. The fourth-order valence-corrected chi connectivity index (χ4v) is 5.67. The van der Waals surface area contributed by atoms with Crippen LogP contribution in [0.25, 0.3) is 28.0 Å². The first-order valence-corrected chi connectivity index (χ1v) is 14.0. The van der Waals surface area contributed by atoms with E-state index in [1.165, 1.54) is 37.1 Å². The minimum Gasteiger partial charge on any atom is -0.374 e. The molecule has 1 unspecified atom stereocenters. The average molecular weight is 536 g/mol. The van der Waals surface area contributed by atoms with Gasteiger partial charge in [0, 0.05) is 56.6 Å². The number of hydrogen-bond donors (Lipinski definition) is 0. The molecular weight excluding hydrogens is 502 g/mol. The lowest BCUT2D eigenvalue weighted by atomic mass is 10.1. The van der Waals surface area contributed by atoms with Gasteiger partial charge in [-0.25, -0.2) is 4.98 Å². The topological polar surface area (TPSA) is 89.5 Å². The lowest BCUT2D eigenvalue weighted by Gasteiger charge is -2.33. The zero-order valence-corrected chi connectivity index (χ0v) is 22.7. The van der Waals surface area contributed by atoms with Gasteiger partial charge in [0.05, 0.1) is 24.6 Å². The third-order valence-electron chi connectivity index (χ3n) is 7.84. The summed E-state index contributed by atoms with van der Waals surface area (Å²) in [5.41, 5.74) is 6.21. The number of morpholine rings is 1. The van der Waals surface area contributed by atoms with Crippen molar-refractivity contribution < 1.29 is 4.74 Å². The number of pyridine rings is 1. The van der Waals surface area contributed by atoms with Crippen molar-refractivity contribution in [2.75, 3.05) is 37.7 Å². The highest BCUT2D eigenvalue weighted by Gasteiger charge is 2.24. The van der Waals surface area contributed by atoms with Gasteiger partial charge in [-0.1, -0.05) is 24.3 Å². The first-order valence-electron chi connectivity index (χ1n) is 14.0. The molecule has 10 nitrogen and oxygen atoms in total. The molecule has 0 N–H and O–H groups in total. The number of anilines is 1. The van der Waals surface area contributed by atoms with Crippen LogP contribution >= 0.6 is 0 Å². The molecule has 7 rings (SSSR count). The molecule has 4 aromatic heterocycles. The SMILES string of the molecule is Cn1cc(-c2ccc3nnc(CC4CN(c5ccc(-c6ccc(CN7CCCC7)cc6)cn5)CCO4)n3n2)cn1. The Morgan fingerprint density at radius 3 is 2.50 bits per heavy atom. The molecule has 1 aromatic carbocycles. The molecule has 5 aromatic rings. The third kappa shape index (κ3) is 5.20. The highest BCUT2D eigenvalue weighted by molar-refractivity contribution is 5.64. The van der Waals surface area contributed by atoms with Gasteiger partial charge in [0.15, 0.2) is 11.5 Å². The zero-order valence-electron chi connectivity index (χ0n) is 22.7. The Balaban J connectivity index is 1.02. The molecule has 10 heteroatoms. The Labute approximate surface area is 233 Å². The molecule has 0 saturated carbocycles. The maximum Gasteiger partial charge on any atom is 0.177 e. The minimum atomic E-state index is -0.0328. The monoisotopic (exact) mass is 535 g/mol. The smallest absolute Gasteiger partial charge is 0.177 e. The van der Waals surface area contributed by atoms with E-state index in [2.05, 4.69) is 61.5 Å². The van der Waals surface area contributed by atoms with Gasteiger partial charge in [-0.2, -0.15) is 14.7 Å². The van der Waals surface area contributed by atoms with E-state index >= 15 is 0 Å². The highest BCUT2D eigenvalue weighted by atomic mass is 16.5. The van der Waals surface area contributed by atoms with Gasteiger partial charge < -0.3 is 9.64 Å². The summed E-state index contributed by atoms with van der Waals surface area (Å²) in [5, 5.41) is 17.8. The van der Waals surface area contributed by atoms with Crippen LogP contribution in [0.5, 0.6) is 0 Å². The van der Waals surface area contributed by atoms with Gasteiger partial charge in [0.2, 0.25) is 0 Å². The predicted molar refractivity (Wildman–Crippen MR) is 153 cm³/mol. The van der Waals surface area contributed by atoms with Crippen molar-refractivity contribution in [2.24, 2.45) is 7.05 Å². The lowest BCUT2D eigenvalue weighted by Crippen LogP contribution is -2.44. The van der Waals surface area contributed by atoms with Gasteiger partial charge in [-0.15, -0.1) is 10.2 Å². The summed E-state index contributed by atoms with van der Waals surface area (Å²) in [7, 11) is 1.90. The average Bonchev–Trinajstić information content (AvgIpc) is 3.76. The molecule has 0 aliphatic carbocycles. The lowest BCUT2D eigenvalue weighted by molar-refractivity contribution is 0.0392. The largest absolute Gasteiger partial charge is 0.374 e. The van der Waals surface area contributed by atoms with E-state index in [1.54, 1.807) is 4.68 Å². The van der Waals surface area contributed by atoms with Gasteiger partial charge in [-0.3, -0.25) is 9.58 Å². The van der Waals surface area contributed by atoms with Crippen LogP contribution in [0.1, 0.15) is 24.2 Å². The van der Waals surface area contributed by atoms with Crippen LogP contribution in [-0.2, 0) is 24.8 Å². The van der Waals surface area contributed by atoms with Crippen molar-refractivity contribution >= 4 is 11.5 Å². The maximum absolute atomic E-state index is 6.13. The van der Waals surface area contributed by atoms with Crippen LogP contribution in [0.15, 0.2) is 67.1 Å². The van der Waals surface area contributed by atoms with E-state index in [1.807, 2.05) is 42.3 Å². The summed E-state index contributed by atoms with van der Waals surface area (Å²) < 4.78 is 9.71. The predicted octanol–water partition coefficient (Wildman–Crippen LogP) is 3.63. The Bertz CT molecular complexity index is 1590. The molecule has 2 fully saturated rings. The van der Waals surface area contributed by atoms with Gasteiger partial charge in [0.25, 0.3) is 0 Å². The van der Waals surface area contributed by atoms with Crippen LogP contribution < -0.4 is 4.90 Å². The van der Waals surface area contributed by atoms with Gasteiger partial charge in [0.1, 0.15) is 5.82 Å². The van der Waals surface area contributed by atoms with Crippen molar-refractivity contribution in [3.8, 4) is 22.4 Å². The standard InChI is InChI=1S/C30H33N9O/c1-36-20-25(18-32-36)27-9-11-29-33-34-30(39(29)35-27)16-26-21-38(14-15-40-26)28-10-8-24(17-31-28)23-6-4-22(5-7-23)19-37-12-2-3-13-37/h4-11,17-18,20,26H,2-3,12-16,19,21H2,1H3. The summed E-state index contributed by atoms with van der Waals surface area (Å²) in [4.78, 5) is 9.64. The number of aromatic nitrogens is 7. The first-order chi connectivity index (χ1) is 19.7. The van der Waals surface area contributed by atoms with Crippen molar-refractivity contribution in [3.63, 3.8) is 0 Å². The fourth-order valence-electron chi connectivity index (χ4n) is 5.67. The minimum absolute atomic E-state index is 0.0328. The molecule has 2 saturated heterocycles. The summed E-state index contributed by atoms with van der Waals surface area (Å²) in [6, 6.07) is 17.1. The second kappa shape index (κ2) is 10.8. The number of aryl methyl sites for hydroxylation is 1. The molecule has 204 valence electrons. The number of benzene rings is 1. The number of rotatable bonds is 7. The van der Waals surface area contributed by atoms with E-state index in [0.717, 1.165) is 53.7 Å². The van der Waals surface area contributed by atoms with Gasteiger partial charge >= 0.3 is 0 Å². The molecule has 0 amide bonds. The van der Waals surface area contributed by atoms with E-state index in [9.17, 15) is 0 Å². The van der Waals surface area contributed by atoms with E-state index in [4.69, 9.17) is 14.8 Å². The summed E-state index contributed by atoms with van der Waals surface area (Å²) in [6.45, 7) is 5.65. The van der Waals surface area contributed by atoms with Crippen LogP contribution in [0, 0.1) is 0 Å². The Hall–Kier alpha value is -4.15. The van der Waals surface area contributed by atoms with E-state index < -0.39 is 0 Å². The molecule has 2 aliphatic rings. The Kier molecular flexibility index (Phi) is 6.70. The summed E-state index contributed by atoms with van der Waals surface area (Å²) >= 11 is 0. The molecule has 0 bridgehead atoms. The van der Waals surface area contributed by atoms with Crippen molar-refractivity contribution in [1.29, 1.82) is 0 Å². The number of likely N-dealkylation sites (tertiary alicyclic amines) is 1. The second-order valence-corrected chi connectivity index (χ2v) is 10.7. The normalized spacial score (nSPS) is 18.1. The molecule has 40 heavy (non-hydrogen) atoms. The maximum atomic E-state index is 6.13. The van der Waals surface area contributed by atoms with Crippen molar-refractivity contribution in [3.05, 3.63) is 78.5 Å². The summed E-state index contributed by atoms with van der Waals surface area (Å²) in [5.74, 6) is 1.75. The second-order valence-electron chi connectivity index (χ2n) is 10.7. The molecule has 0 spiro atoms. The molecule has 1 atom stereocenters. The zero-order chi connectivity index (χ0) is 26.9. The number of ether oxygens (including phenoxy) is 1. The third-order valence-corrected chi connectivity index (χ3v) is 7.84. The molecule has 0 radical (unpaired) electrons. The van der Waals surface area contributed by atoms with Crippen LogP contribution in [-0.4, -0.2) is 78.4 Å². The fraction of sp³-hybridized carbons (Fsp3) is 0.367. The molecule has 6 heterocycles. The van der Waals surface area contributed by atoms with Gasteiger partial charge in [-0.05, 0) is 61.3 Å². The molecule has 2 aliphatic heterocycles. The molecular formula is C30H33N9O. The van der Waals surface area contributed by atoms with E-state index in [0.29, 0.717) is 13.0 Å². The van der Waals surface area contributed by atoms with Crippen LogP contribution in [0.3, 0.4) is 0 Å².